The van der Waals surface area contributed by atoms with Gasteiger partial charge in [0, 0.05) is 18.5 Å². The highest BCUT2D eigenvalue weighted by molar-refractivity contribution is 5.68. The van der Waals surface area contributed by atoms with Crippen LogP contribution in [-0.2, 0) is 9.47 Å². The summed E-state index contributed by atoms with van der Waals surface area (Å²) in [5, 5.41) is 27.5. The van der Waals surface area contributed by atoms with Crippen LogP contribution in [0.4, 0.5) is 4.79 Å². The minimum Gasteiger partial charge on any atom is -0.446 e. The molecule has 7 fully saturated rings. The number of alkyl carbamates (subject to hydrolysis) is 1. The Morgan fingerprint density at radius 3 is 2.44 bits per heavy atom. The molecule has 0 radical (unpaired) electrons. The molecule has 5 aliphatic carbocycles. The van der Waals surface area contributed by atoms with E-state index in [9.17, 15) is 15.0 Å². The molecule has 0 aromatic rings. The molecule has 7 rings (SSSR count). The molecule has 2 aliphatic heterocycles. The van der Waals surface area contributed by atoms with Crippen molar-refractivity contribution in [3.63, 3.8) is 0 Å². The van der Waals surface area contributed by atoms with Crippen molar-refractivity contribution in [3.8, 4) is 0 Å². The second kappa shape index (κ2) is 8.58. The van der Waals surface area contributed by atoms with Gasteiger partial charge < -0.3 is 30.3 Å². The number of aliphatic hydroxyl groups is 2. The summed E-state index contributed by atoms with van der Waals surface area (Å²) in [6.45, 7) is 12.4. The molecule has 0 aromatic carbocycles. The summed E-state index contributed by atoms with van der Waals surface area (Å²) < 4.78 is 12.8. The van der Waals surface area contributed by atoms with Gasteiger partial charge in [-0.1, -0.05) is 20.8 Å². The molecule has 7 unspecified atom stereocenters. The lowest BCUT2D eigenvalue weighted by atomic mass is 9.46. The van der Waals surface area contributed by atoms with Gasteiger partial charge in [0.25, 0.3) is 0 Å². The first-order valence-corrected chi connectivity index (χ1v) is 16.1. The van der Waals surface area contributed by atoms with Crippen molar-refractivity contribution in [1.29, 1.82) is 0 Å². The third kappa shape index (κ3) is 3.71. The number of hydrogen-bond acceptors (Lipinski definition) is 6. The van der Waals surface area contributed by atoms with E-state index < -0.39 is 11.7 Å². The van der Waals surface area contributed by atoms with Gasteiger partial charge in [0.05, 0.1) is 23.9 Å². The number of carbonyl (C=O) groups excluding carboxylic acids is 1. The molecule has 5 saturated carbocycles. The van der Waals surface area contributed by atoms with E-state index in [1.54, 1.807) is 13.8 Å². The zero-order valence-electron chi connectivity index (χ0n) is 24.8. The third-order valence-electron chi connectivity index (χ3n) is 14.0. The molecule has 0 aromatic heterocycles. The second-order valence-corrected chi connectivity index (χ2v) is 16.3. The molecule has 0 bridgehead atoms. The maximum atomic E-state index is 12.7. The molecule has 39 heavy (non-hydrogen) atoms. The summed E-state index contributed by atoms with van der Waals surface area (Å²) in [6, 6.07) is 0.210. The molecule has 1 amide bonds. The van der Waals surface area contributed by atoms with Crippen molar-refractivity contribution >= 4 is 6.09 Å². The van der Waals surface area contributed by atoms with Gasteiger partial charge in [-0.3, -0.25) is 0 Å². The highest BCUT2D eigenvalue weighted by Crippen LogP contribution is 2.87. The van der Waals surface area contributed by atoms with Crippen molar-refractivity contribution in [2.45, 2.75) is 135 Å². The molecular formula is C32H52N2O5. The van der Waals surface area contributed by atoms with Crippen molar-refractivity contribution in [1.82, 2.24) is 10.6 Å². The maximum absolute atomic E-state index is 12.7. The topological polar surface area (TPSA) is 100 Å². The molecule has 7 nitrogen and oxygen atoms in total. The number of carbonyl (C=O) groups is 1. The van der Waals surface area contributed by atoms with E-state index in [1.165, 1.54) is 38.5 Å². The van der Waals surface area contributed by atoms with Crippen molar-refractivity contribution in [3.05, 3.63) is 0 Å². The molecule has 2 heterocycles. The predicted octanol–water partition coefficient (Wildman–Crippen LogP) is 4.39. The molecule has 2 spiro atoms. The van der Waals surface area contributed by atoms with Gasteiger partial charge in [0.1, 0.15) is 12.2 Å². The lowest BCUT2D eigenvalue weighted by molar-refractivity contribution is -0.177. The van der Waals surface area contributed by atoms with Crippen LogP contribution < -0.4 is 10.6 Å². The fraction of sp³-hybridized carbons (Fsp3) is 0.969. The SMILES string of the molecule is CC(C)(O)[C@@H](O)C1CCC2C(CC3C4CCC5C(C)(C)[C@@H](OC(=O)NC6CNC6)CC[C@@]56CC46CC[C@]23C)O1. The highest BCUT2D eigenvalue weighted by Gasteiger charge is 2.81. The Morgan fingerprint density at radius 2 is 1.74 bits per heavy atom. The normalized spacial score (nSPS) is 50.7. The van der Waals surface area contributed by atoms with E-state index in [2.05, 4.69) is 31.4 Å². The smallest absolute Gasteiger partial charge is 0.407 e. The Bertz CT molecular complexity index is 1010. The van der Waals surface area contributed by atoms with Gasteiger partial charge in [-0.25, -0.2) is 4.79 Å². The fourth-order valence-electron chi connectivity index (χ4n) is 11.9. The van der Waals surface area contributed by atoms with E-state index in [4.69, 9.17) is 9.47 Å². The van der Waals surface area contributed by atoms with Gasteiger partial charge >= 0.3 is 6.09 Å². The molecule has 11 atom stereocenters. The number of nitrogens with one attached hydrogen (secondary N) is 2. The van der Waals surface area contributed by atoms with Crippen molar-refractivity contribution in [2.75, 3.05) is 13.1 Å². The molecule has 4 N–H and O–H groups in total. The lowest BCUT2D eigenvalue weighted by Crippen LogP contribution is -2.59. The van der Waals surface area contributed by atoms with Gasteiger partial charge in [-0.15, -0.1) is 0 Å². The summed E-state index contributed by atoms with van der Waals surface area (Å²) in [5.41, 5.74) is 0.0625. The summed E-state index contributed by atoms with van der Waals surface area (Å²) in [7, 11) is 0. The average Bonchev–Trinajstić information content (AvgIpc) is 3.42. The van der Waals surface area contributed by atoms with E-state index in [0.717, 1.165) is 44.7 Å². The average molecular weight is 545 g/mol. The zero-order valence-corrected chi connectivity index (χ0v) is 24.8. The highest BCUT2D eigenvalue weighted by atomic mass is 16.6. The van der Waals surface area contributed by atoms with E-state index in [-0.39, 0.29) is 35.9 Å². The lowest BCUT2D eigenvalue weighted by Gasteiger charge is -2.59. The first kappa shape index (κ1) is 27.0. The zero-order chi connectivity index (χ0) is 27.6. The standard InChI is InChI=1S/C32H52N2O5/c1-28(2)24-9-7-19-21-14-23-20(6-8-22(38-23)26(35)29(3,4)37)30(21,5)12-13-31(19)17-32(24,31)11-10-25(28)39-27(36)34-18-15-33-16-18/h18-26,33,35,37H,6-17H2,1-5H3,(H,34,36)/t19?,20?,21?,22?,23?,24?,25-,26-,30+,31?,32+/m0/s1. The van der Waals surface area contributed by atoms with Crippen LogP contribution in [0.25, 0.3) is 0 Å². The third-order valence-corrected chi connectivity index (χ3v) is 14.0. The van der Waals surface area contributed by atoms with E-state index in [0.29, 0.717) is 34.0 Å². The molecule has 220 valence electrons. The van der Waals surface area contributed by atoms with Gasteiger partial charge in [0.2, 0.25) is 0 Å². The quantitative estimate of drug-likeness (QED) is 0.419. The predicted molar refractivity (Wildman–Crippen MR) is 148 cm³/mol. The Hall–Kier alpha value is -0.890. The van der Waals surface area contributed by atoms with Gasteiger partial charge in [0.15, 0.2) is 0 Å². The summed E-state index contributed by atoms with van der Waals surface area (Å²) in [4.78, 5) is 12.7. The van der Waals surface area contributed by atoms with Gasteiger partial charge in [-0.05, 0) is 118 Å². The number of hydrogen-bond donors (Lipinski definition) is 4. The minimum atomic E-state index is -1.14. The van der Waals surface area contributed by atoms with Crippen molar-refractivity contribution < 1.29 is 24.5 Å². The van der Waals surface area contributed by atoms with Crippen LogP contribution in [0, 0.1) is 45.3 Å². The van der Waals surface area contributed by atoms with Crippen LogP contribution in [0.5, 0.6) is 0 Å². The Balaban J connectivity index is 1.07. The van der Waals surface area contributed by atoms with Crippen LogP contribution in [0.2, 0.25) is 0 Å². The fourth-order valence-corrected chi connectivity index (χ4v) is 11.9. The molecule has 2 saturated heterocycles. The first-order valence-electron chi connectivity index (χ1n) is 16.1. The van der Waals surface area contributed by atoms with E-state index in [1.807, 2.05) is 0 Å². The number of ether oxygens (including phenoxy) is 2. The largest absolute Gasteiger partial charge is 0.446 e. The molecule has 7 aliphatic rings. The van der Waals surface area contributed by atoms with Crippen LogP contribution in [0.3, 0.4) is 0 Å². The minimum absolute atomic E-state index is 0.00406. The van der Waals surface area contributed by atoms with Gasteiger partial charge in [-0.2, -0.15) is 0 Å². The summed E-state index contributed by atoms with van der Waals surface area (Å²) in [5.74, 6) is 2.65. The number of rotatable bonds is 4. The molecule has 7 heteroatoms. The number of aliphatic hydroxyl groups excluding tert-OH is 1. The second-order valence-electron chi connectivity index (χ2n) is 16.3. The summed E-state index contributed by atoms with van der Waals surface area (Å²) >= 11 is 0. The Morgan fingerprint density at radius 1 is 1.00 bits per heavy atom. The van der Waals surface area contributed by atoms with Crippen LogP contribution in [0.1, 0.15) is 98.8 Å². The number of amides is 1. The maximum Gasteiger partial charge on any atom is 0.407 e. The first-order chi connectivity index (χ1) is 18.3. The van der Waals surface area contributed by atoms with Crippen LogP contribution in [-0.4, -0.2) is 65.5 Å². The van der Waals surface area contributed by atoms with Crippen molar-refractivity contribution in [2.24, 2.45) is 45.3 Å². The Kier molecular flexibility index (Phi) is 5.93. The molecular weight excluding hydrogens is 492 g/mol. The van der Waals surface area contributed by atoms with Crippen LogP contribution >= 0.6 is 0 Å². The van der Waals surface area contributed by atoms with Crippen LogP contribution in [0.15, 0.2) is 0 Å². The summed E-state index contributed by atoms with van der Waals surface area (Å²) in [6.07, 6.45) is 10.7. The number of fused-ring (bicyclic) bond motifs is 4. The Labute approximate surface area is 234 Å². The van der Waals surface area contributed by atoms with E-state index >= 15 is 0 Å². The monoisotopic (exact) mass is 544 g/mol.